The van der Waals surface area contributed by atoms with E-state index in [0.29, 0.717) is 23.6 Å². The van der Waals surface area contributed by atoms with Crippen LogP contribution < -0.4 is 14.4 Å². The molecule has 0 aliphatic rings. The highest BCUT2D eigenvalue weighted by molar-refractivity contribution is 7.92. The summed E-state index contributed by atoms with van der Waals surface area (Å²) in [6, 6.07) is 12.2. The summed E-state index contributed by atoms with van der Waals surface area (Å²) >= 11 is 0. The number of anilines is 1. The van der Waals surface area contributed by atoms with Crippen LogP contribution >= 0.6 is 0 Å². The van der Waals surface area contributed by atoms with E-state index in [1.165, 1.54) is 12.1 Å². The summed E-state index contributed by atoms with van der Waals surface area (Å²) in [7, 11) is -7.03. The van der Waals surface area contributed by atoms with Gasteiger partial charge in [0.05, 0.1) is 29.5 Å². The van der Waals surface area contributed by atoms with Gasteiger partial charge in [-0.05, 0) is 43.7 Å². The molecular formula is C20H26N2O6S2. The molecule has 164 valence electrons. The Morgan fingerprint density at radius 2 is 1.70 bits per heavy atom. The van der Waals surface area contributed by atoms with Crippen LogP contribution in [0.3, 0.4) is 0 Å². The maximum Gasteiger partial charge on any atom is 0.241 e. The van der Waals surface area contributed by atoms with Crippen LogP contribution in [0.1, 0.15) is 25.5 Å². The highest BCUT2D eigenvalue weighted by atomic mass is 32.2. The molecule has 10 heteroatoms. The van der Waals surface area contributed by atoms with Gasteiger partial charge in [-0.2, -0.15) is 0 Å². The number of sulfone groups is 1. The molecule has 0 spiro atoms. The lowest BCUT2D eigenvalue weighted by molar-refractivity contribution is -0.120. The molecule has 0 aromatic heterocycles. The predicted molar refractivity (Wildman–Crippen MR) is 116 cm³/mol. The summed E-state index contributed by atoms with van der Waals surface area (Å²) in [4.78, 5) is 12.7. The molecule has 0 radical (unpaired) electrons. The van der Waals surface area contributed by atoms with Crippen molar-refractivity contribution in [1.82, 2.24) is 5.32 Å². The molecule has 0 saturated heterocycles. The Hall–Kier alpha value is -2.59. The quantitative estimate of drug-likeness (QED) is 0.622. The largest absolute Gasteiger partial charge is 0.494 e. The summed E-state index contributed by atoms with van der Waals surface area (Å²) < 4.78 is 54.1. The summed E-state index contributed by atoms with van der Waals surface area (Å²) in [5, 5.41) is 2.74. The average molecular weight is 455 g/mol. The molecule has 0 bridgehead atoms. The van der Waals surface area contributed by atoms with Crippen molar-refractivity contribution < 1.29 is 26.4 Å². The van der Waals surface area contributed by atoms with E-state index < -0.39 is 38.4 Å². The first-order valence-electron chi connectivity index (χ1n) is 9.21. The maximum atomic E-state index is 12.5. The minimum absolute atomic E-state index is 0.183. The second-order valence-electron chi connectivity index (χ2n) is 6.83. The van der Waals surface area contributed by atoms with E-state index in [9.17, 15) is 21.6 Å². The van der Waals surface area contributed by atoms with E-state index in [1.54, 1.807) is 43.3 Å². The number of ether oxygens (including phenoxy) is 1. The molecule has 0 unspecified atom stereocenters. The van der Waals surface area contributed by atoms with Gasteiger partial charge in [-0.1, -0.05) is 18.2 Å². The smallest absolute Gasteiger partial charge is 0.241 e. The Morgan fingerprint density at radius 3 is 2.23 bits per heavy atom. The summed E-state index contributed by atoms with van der Waals surface area (Å²) in [5.74, 6) is 0.00493. The maximum absolute atomic E-state index is 12.5. The van der Waals surface area contributed by atoms with E-state index in [2.05, 4.69) is 5.32 Å². The number of hydrogen-bond donors (Lipinski definition) is 1. The van der Waals surface area contributed by atoms with Gasteiger partial charge < -0.3 is 10.1 Å². The third kappa shape index (κ3) is 6.46. The molecule has 0 aliphatic heterocycles. The van der Waals surface area contributed by atoms with Crippen molar-refractivity contribution in [2.75, 3.05) is 30.0 Å². The standard InChI is InChI=1S/C20H26N2O6S2/c1-5-28-18-8-6-7-17(13-18)22(30(4,26)27)14-20(23)21-15(2)16-9-11-19(12-10-16)29(3,24)25/h6-13,15H,5,14H2,1-4H3,(H,21,23)/t15-/m0/s1. The average Bonchev–Trinajstić information content (AvgIpc) is 2.65. The lowest BCUT2D eigenvalue weighted by Crippen LogP contribution is -2.41. The molecular weight excluding hydrogens is 428 g/mol. The van der Waals surface area contributed by atoms with Crippen LogP contribution in [0, 0.1) is 0 Å². The van der Waals surface area contributed by atoms with Gasteiger partial charge in [-0.25, -0.2) is 16.8 Å². The molecule has 1 atom stereocenters. The van der Waals surface area contributed by atoms with Crippen molar-refractivity contribution in [3.05, 3.63) is 54.1 Å². The van der Waals surface area contributed by atoms with Gasteiger partial charge in [0.15, 0.2) is 9.84 Å². The minimum Gasteiger partial charge on any atom is -0.494 e. The Kier molecular flexibility index (Phi) is 7.49. The van der Waals surface area contributed by atoms with Gasteiger partial charge in [0, 0.05) is 12.3 Å². The fraction of sp³-hybridized carbons (Fsp3) is 0.350. The summed E-state index contributed by atoms with van der Waals surface area (Å²) in [5.41, 5.74) is 1.02. The molecule has 2 aromatic carbocycles. The molecule has 1 amide bonds. The van der Waals surface area contributed by atoms with Crippen molar-refractivity contribution in [2.24, 2.45) is 0 Å². The number of carbonyl (C=O) groups excluding carboxylic acids is 1. The van der Waals surface area contributed by atoms with E-state index in [1.807, 2.05) is 6.92 Å². The Bertz CT molecular complexity index is 1100. The lowest BCUT2D eigenvalue weighted by Gasteiger charge is -2.23. The highest BCUT2D eigenvalue weighted by Crippen LogP contribution is 2.23. The van der Waals surface area contributed by atoms with Crippen molar-refractivity contribution in [2.45, 2.75) is 24.8 Å². The third-order valence-electron chi connectivity index (χ3n) is 4.29. The van der Waals surface area contributed by atoms with E-state index >= 15 is 0 Å². The van der Waals surface area contributed by atoms with Crippen LogP contribution in [0.2, 0.25) is 0 Å². The van der Waals surface area contributed by atoms with Crippen LogP contribution in [-0.4, -0.2) is 48.4 Å². The van der Waals surface area contributed by atoms with Crippen molar-refractivity contribution >= 4 is 31.5 Å². The van der Waals surface area contributed by atoms with E-state index in [0.717, 1.165) is 16.8 Å². The number of rotatable bonds is 9. The first kappa shape index (κ1) is 23.7. The van der Waals surface area contributed by atoms with Crippen molar-refractivity contribution in [1.29, 1.82) is 0 Å². The normalized spacial score (nSPS) is 12.8. The number of benzene rings is 2. The number of nitrogens with zero attached hydrogens (tertiary/aromatic N) is 1. The molecule has 0 heterocycles. The molecule has 8 nitrogen and oxygen atoms in total. The summed E-state index contributed by atoms with van der Waals surface area (Å²) in [6.07, 6.45) is 2.15. The minimum atomic E-state index is -3.72. The second kappa shape index (κ2) is 9.48. The number of sulfonamides is 1. The Labute approximate surface area is 177 Å². The monoisotopic (exact) mass is 454 g/mol. The van der Waals surface area contributed by atoms with Crippen molar-refractivity contribution in [3.63, 3.8) is 0 Å². The van der Waals surface area contributed by atoms with Gasteiger partial charge >= 0.3 is 0 Å². The second-order valence-corrected chi connectivity index (χ2v) is 10.8. The Morgan fingerprint density at radius 1 is 1.07 bits per heavy atom. The van der Waals surface area contributed by atoms with E-state index in [4.69, 9.17) is 4.74 Å². The van der Waals surface area contributed by atoms with Gasteiger partial charge in [0.25, 0.3) is 0 Å². The fourth-order valence-corrected chi connectivity index (χ4v) is 4.28. The number of carbonyl (C=O) groups is 1. The highest BCUT2D eigenvalue weighted by Gasteiger charge is 2.22. The lowest BCUT2D eigenvalue weighted by atomic mass is 10.1. The van der Waals surface area contributed by atoms with Crippen LogP contribution in [0.15, 0.2) is 53.4 Å². The zero-order valence-electron chi connectivity index (χ0n) is 17.3. The van der Waals surface area contributed by atoms with Crippen LogP contribution in [0.5, 0.6) is 5.75 Å². The summed E-state index contributed by atoms with van der Waals surface area (Å²) in [6.45, 7) is 3.57. The van der Waals surface area contributed by atoms with Gasteiger partial charge in [-0.3, -0.25) is 9.10 Å². The van der Waals surface area contributed by atoms with Gasteiger partial charge in [-0.15, -0.1) is 0 Å². The van der Waals surface area contributed by atoms with Gasteiger partial charge in [0.2, 0.25) is 15.9 Å². The van der Waals surface area contributed by atoms with Crippen LogP contribution in [-0.2, 0) is 24.7 Å². The molecule has 0 fully saturated rings. The van der Waals surface area contributed by atoms with E-state index in [-0.39, 0.29) is 4.90 Å². The molecule has 1 N–H and O–H groups in total. The first-order chi connectivity index (χ1) is 13.9. The molecule has 30 heavy (non-hydrogen) atoms. The molecule has 2 rings (SSSR count). The zero-order chi connectivity index (χ0) is 22.5. The Balaban J connectivity index is 2.15. The fourth-order valence-electron chi connectivity index (χ4n) is 2.80. The zero-order valence-corrected chi connectivity index (χ0v) is 19.0. The van der Waals surface area contributed by atoms with Crippen LogP contribution in [0.4, 0.5) is 5.69 Å². The first-order valence-corrected chi connectivity index (χ1v) is 13.0. The molecule has 0 aliphatic carbocycles. The van der Waals surface area contributed by atoms with Crippen molar-refractivity contribution in [3.8, 4) is 5.75 Å². The topological polar surface area (TPSA) is 110 Å². The molecule has 2 aromatic rings. The predicted octanol–water partition coefficient (Wildman–Crippen LogP) is 2.13. The number of nitrogens with one attached hydrogen (secondary N) is 1. The third-order valence-corrected chi connectivity index (χ3v) is 6.56. The number of amides is 1. The number of hydrogen-bond acceptors (Lipinski definition) is 6. The van der Waals surface area contributed by atoms with Crippen LogP contribution in [0.25, 0.3) is 0 Å². The SMILES string of the molecule is CCOc1cccc(N(CC(=O)N[C@@H](C)c2ccc(S(C)(=O)=O)cc2)S(C)(=O)=O)c1. The van der Waals surface area contributed by atoms with Gasteiger partial charge in [0.1, 0.15) is 12.3 Å². The molecule has 0 saturated carbocycles.